The molecule has 16 nitrogen and oxygen atoms in total. The highest BCUT2D eigenvalue weighted by Crippen LogP contribution is 2.57. The van der Waals surface area contributed by atoms with Gasteiger partial charge in [-0.2, -0.15) is 0 Å². The quantitative estimate of drug-likeness (QED) is 0.0507. The molecule has 0 aromatic heterocycles. The maximum Gasteiger partial charge on any atom is 0.157 e. The van der Waals surface area contributed by atoms with Crippen molar-refractivity contribution in [3.8, 4) is 92.0 Å². The van der Waals surface area contributed by atoms with Crippen LogP contribution in [0.2, 0.25) is 0 Å². The molecule has 5 aliphatic carbocycles. The third-order valence-corrected chi connectivity index (χ3v) is 19.8. The second-order valence-electron chi connectivity index (χ2n) is 26.0. The number of ether oxygens (including phenoxy) is 4. The van der Waals surface area contributed by atoms with Gasteiger partial charge in [-0.1, -0.05) is 49.9 Å². The van der Waals surface area contributed by atoms with Crippen molar-refractivity contribution >= 4 is 0 Å². The smallest absolute Gasteiger partial charge is 0.157 e. The minimum atomic E-state index is -1.16. The van der Waals surface area contributed by atoms with Gasteiger partial charge in [-0.15, -0.1) is 0 Å². The van der Waals surface area contributed by atoms with E-state index in [4.69, 9.17) is 18.9 Å². The Bertz CT molecular complexity index is 3510. The van der Waals surface area contributed by atoms with Crippen molar-refractivity contribution in [2.24, 2.45) is 0 Å². The van der Waals surface area contributed by atoms with Gasteiger partial charge >= 0.3 is 0 Å². The Labute approximate surface area is 534 Å². The van der Waals surface area contributed by atoms with Crippen LogP contribution in [0, 0.1) is 0 Å². The molecule has 5 aliphatic rings. The molecule has 4 unspecified atom stereocenters. The van der Waals surface area contributed by atoms with Gasteiger partial charge in [-0.05, 0) is 198 Å². The monoisotopic (exact) mass is 1250 g/mol. The highest BCUT2D eigenvalue weighted by molar-refractivity contribution is 5.69. The van der Waals surface area contributed by atoms with E-state index in [0.29, 0.717) is 95.9 Å². The van der Waals surface area contributed by atoms with Crippen LogP contribution in [0.1, 0.15) is 219 Å². The van der Waals surface area contributed by atoms with Gasteiger partial charge in [0.1, 0.15) is 46.0 Å². The van der Waals surface area contributed by atoms with Gasteiger partial charge < -0.3 is 80.2 Å². The third-order valence-electron chi connectivity index (χ3n) is 19.8. The summed E-state index contributed by atoms with van der Waals surface area (Å²) in [6.07, 6.45) is 15.3. The van der Waals surface area contributed by atoms with Gasteiger partial charge in [0, 0.05) is 92.4 Å². The number of benzene rings is 8. The summed E-state index contributed by atoms with van der Waals surface area (Å²) >= 11 is 0. The number of fused-ring (bicyclic) bond motifs is 8. The molecule has 16 heteroatoms. The maximum absolute atomic E-state index is 13.2. The maximum atomic E-state index is 13.2. The molecule has 4 fully saturated rings. The molecule has 0 radical (unpaired) electrons. The highest BCUT2D eigenvalue weighted by Gasteiger charge is 2.39. The fourth-order valence-electron chi connectivity index (χ4n) is 15.1. The predicted octanol–water partition coefficient (Wildman–Crippen LogP) is 16.0. The Morgan fingerprint density at radius 3 is 0.576 bits per heavy atom. The Hall–Kier alpha value is -9.44. The van der Waals surface area contributed by atoms with Crippen LogP contribution >= 0.6 is 0 Å². The van der Waals surface area contributed by atoms with Crippen LogP contribution in [0.3, 0.4) is 0 Å². The zero-order chi connectivity index (χ0) is 63.9. The summed E-state index contributed by atoms with van der Waals surface area (Å²) in [4.78, 5) is 0. The van der Waals surface area contributed by atoms with Crippen LogP contribution < -0.4 is 18.9 Å². The Balaban J connectivity index is 1.22. The number of phenolic OH excluding ortho intramolecular Hbond substituents is 12. The number of rotatable bonds is 12. The summed E-state index contributed by atoms with van der Waals surface area (Å²) in [5.41, 5.74) is 3.77. The number of phenols is 12. The molecule has 8 aromatic carbocycles. The standard InChI is InChI=1S/C76H80O16/c77-57-25-21-41(29-65(57)85)73-50-34-54(70(38-62(50)82)90-46-15-7-2-8-16-46)75(43-23-27-59(79)67(87)31-43)52-36-56(72(40-64(52)84)92-48-19-11-4-12-20-48)76(44-24-28-60(80)68(88)32-44)51-35-55(71(39-63(51)83)91-47-17-9-3-10-18-47)74(42-22-26-58(78)66(86)30-42)49-33-53(73)69(37-61(49)81)89-45-13-5-1-6-14-45/h21-40,45-48,73-88H,1-20H2. The van der Waals surface area contributed by atoms with Gasteiger partial charge in [0.15, 0.2) is 46.0 Å². The molecule has 12 N–H and O–H groups in total. The van der Waals surface area contributed by atoms with E-state index in [9.17, 15) is 61.3 Å². The van der Waals surface area contributed by atoms with Gasteiger partial charge in [-0.3, -0.25) is 0 Å². The van der Waals surface area contributed by atoms with E-state index in [0.717, 1.165) is 77.0 Å². The van der Waals surface area contributed by atoms with E-state index in [-0.39, 0.29) is 92.7 Å². The van der Waals surface area contributed by atoms with E-state index in [2.05, 4.69) is 0 Å². The SMILES string of the molecule is Oc1ccc(C2c3cc(c(OC4CCCCC4)cc3O)C(c3ccc(O)c(O)c3)c3cc(c(OC4CCCCC4)cc3O)C(c3ccc(O)c(O)c3)c3cc(c(OC4CCCCC4)cc3O)C(c3ccc(O)c(O)c3)c3cc2c(OC2CCCCC2)cc3O)cc1O. The van der Waals surface area contributed by atoms with E-state index in [1.165, 1.54) is 72.8 Å². The van der Waals surface area contributed by atoms with Crippen LogP contribution in [-0.4, -0.2) is 85.7 Å². The van der Waals surface area contributed by atoms with Crippen molar-refractivity contribution in [2.75, 3.05) is 0 Å². The zero-order valence-electron chi connectivity index (χ0n) is 51.3. The lowest BCUT2D eigenvalue weighted by Gasteiger charge is -2.33. The van der Waals surface area contributed by atoms with Crippen molar-refractivity contribution in [2.45, 2.75) is 177 Å². The molecule has 0 saturated heterocycles. The highest BCUT2D eigenvalue weighted by atomic mass is 16.5. The summed E-state index contributed by atoms with van der Waals surface area (Å²) in [5, 5.41) is 143. The van der Waals surface area contributed by atoms with E-state index >= 15 is 0 Å². The molecule has 0 heterocycles. The average molecular weight is 1250 g/mol. The number of hydrogen-bond donors (Lipinski definition) is 12. The first kappa shape index (κ1) is 61.4. The third kappa shape index (κ3) is 12.4. The van der Waals surface area contributed by atoms with Crippen molar-refractivity contribution in [1.82, 2.24) is 0 Å². The Morgan fingerprint density at radius 2 is 0.391 bits per heavy atom. The van der Waals surface area contributed by atoms with Crippen LogP contribution in [0.15, 0.2) is 121 Å². The van der Waals surface area contributed by atoms with E-state index in [1.54, 1.807) is 48.5 Å². The normalized spacial score (nSPS) is 20.1. The molecule has 480 valence electrons. The molecule has 4 saturated carbocycles. The summed E-state index contributed by atoms with van der Waals surface area (Å²) < 4.78 is 28.5. The largest absolute Gasteiger partial charge is 0.507 e. The first-order chi connectivity index (χ1) is 44.5. The molecule has 92 heavy (non-hydrogen) atoms. The second kappa shape index (κ2) is 26.0. The van der Waals surface area contributed by atoms with Crippen LogP contribution in [0.4, 0.5) is 0 Å². The van der Waals surface area contributed by atoms with Gasteiger partial charge in [0.05, 0.1) is 24.4 Å². The van der Waals surface area contributed by atoms with Gasteiger partial charge in [-0.25, -0.2) is 0 Å². The van der Waals surface area contributed by atoms with Gasteiger partial charge in [0.25, 0.3) is 0 Å². The first-order valence-electron chi connectivity index (χ1n) is 32.7. The average Bonchev–Trinajstić information content (AvgIpc) is 0.822. The molecule has 0 spiro atoms. The van der Waals surface area contributed by atoms with Crippen molar-refractivity contribution in [3.05, 3.63) is 188 Å². The van der Waals surface area contributed by atoms with Crippen molar-refractivity contribution in [1.29, 1.82) is 0 Å². The molecule has 0 amide bonds. The van der Waals surface area contributed by atoms with Crippen molar-refractivity contribution in [3.63, 3.8) is 0 Å². The predicted molar refractivity (Wildman–Crippen MR) is 345 cm³/mol. The van der Waals surface area contributed by atoms with Gasteiger partial charge in [0.2, 0.25) is 0 Å². The molecule has 8 aromatic rings. The Morgan fingerprint density at radius 1 is 0.196 bits per heavy atom. The molecule has 0 aliphatic heterocycles. The fraction of sp³-hybridized carbons (Fsp3) is 0.368. The fourth-order valence-corrected chi connectivity index (χ4v) is 15.1. The summed E-state index contributed by atoms with van der Waals surface area (Å²) in [7, 11) is 0. The Kier molecular flexibility index (Phi) is 17.4. The summed E-state index contributed by atoms with van der Waals surface area (Å²) in [6.45, 7) is 0. The molecule has 13 rings (SSSR count). The van der Waals surface area contributed by atoms with Crippen LogP contribution in [0.25, 0.3) is 0 Å². The molecule has 8 bridgehead atoms. The first-order valence-corrected chi connectivity index (χ1v) is 32.7. The minimum absolute atomic E-state index is 0.216. The van der Waals surface area contributed by atoms with Crippen LogP contribution in [0.5, 0.6) is 92.0 Å². The zero-order valence-corrected chi connectivity index (χ0v) is 51.3. The molecular formula is C76H80O16. The number of aromatic hydroxyl groups is 12. The molecule has 4 atom stereocenters. The lowest BCUT2D eigenvalue weighted by atomic mass is 9.75. The topological polar surface area (TPSA) is 280 Å². The van der Waals surface area contributed by atoms with E-state index in [1.807, 2.05) is 0 Å². The van der Waals surface area contributed by atoms with Crippen molar-refractivity contribution < 1.29 is 80.2 Å². The van der Waals surface area contributed by atoms with E-state index < -0.39 is 69.7 Å². The molecular weight excluding hydrogens is 1170 g/mol. The summed E-state index contributed by atoms with van der Waals surface area (Å²) in [6, 6.07) is 30.7. The minimum Gasteiger partial charge on any atom is -0.507 e. The second-order valence-corrected chi connectivity index (χ2v) is 26.0. The summed E-state index contributed by atoms with van der Waals surface area (Å²) in [5.74, 6) is -8.33. The van der Waals surface area contributed by atoms with Crippen LogP contribution in [-0.2, 0) is 0 Å². The lowest BCUT2D eigenvalue weighted by molar-refractivity contribution is 0.152. The lowest BCUT2D eigenvalue weighted by Crippen LogP contribution is -2.23. The number of hydrogen-bond acceptors (Lipinski definition) is 16.